The quantitative estimate of drug-likeness (QED) is 0.760. The lowest BCUT2D eigenvalue weighted by Gasteiger charge is -2.00. The Labute approximate surface area is 74.5 Å². The lowest BCUT2D eigenvalue weighted by molar-refractivity contribution is 0.824. The fourth-order valence-electron chi connectivity index (χ4n) is 1.04. The van der Waals surface area contributed by atoms with E-state index in [-0.39, 0.29) is 0 Å². The highest BCUT2D eigenvalue weighted by Crippen LogP contribution is 2.11. The maximum atomic E-state index is 5.61. The molecular weight excluding hydrogens is 170 g/mol. The van der Waals surface area contributed by atoms with Crippen LogP contribution in [-0.4, -0.2) is 9.55 Å². The van der Waals surface area contributed by atoms with Crippen LogP contribution < -0.4 is 5.73 Å². The first kappa shape index (κ1) is 7.36. The summed E-state index contributed by atoms with van der Waals surface area (Å²) in [6, 6.07) is 4.12. The molecule has 0 spiro atoms. The van der Waals surface area contributed by atoms with Crippen LogP contribution in [0.4, 0.5) is 5.95 Å². The molecule has 0 fully saturated rings. The van der Waals surface area contributed by atoms with Crippen LogP contribution in [0.2, 0.25) is 0 Å². The number of imidazole rings is 1. The first-order valence-corrected chi connectivity index (χ1v) is 4.53. The van der Waals surface area contributed by atoms with Crippen LogP contribution in [0.25, 0.3) is 0 Å². The van der Waals surface area contributed by atoms with Crippen LogP contribution in [0.1, 0.15) is 4.88 Å². The third kappa shape index (κ3) is 1.33. The number of hydrogen-bond acceptors (Lipinski definition) is 3. The van der Waals surface area contributed by atoms with E-state index in [0.717, 1.165) is 6.54 Å². The highest BCUT2D eigenvalue weighted by molar-refractivity contribution is 7.09. The monoisotopic (exact) mass is 179 g/mol. The van der Waals surface area contributed by atoms with Gasteiger partial charge < -0.3 is 10.3 Å². The normalized spacial score (nSPS) is 10.3. The minimum absolute atomic E-state index is 0.573. The van der Waals surface area contributed by atoms with Gasteiger partial charge in [-0.15, -0.1) is 11.3 Å². The third-order valence-corrected chi connectivity index (χ3v) is 2.52. The van der Waals surface area contributed by atoms with Crippen molar-refractivity contribution in [2.75, 3.05) is 5.73 Å². The molecular formula is C8H9N3S. The van der Waals surface area contributed by atoms with Gasteiger partial charge in [-0.25, -0.2) is 4.98 Å². The van der Waals surface area contributed by atoms with E-state index in [1.165, 1.54) is 4.88 Å². The van der Waals surface area contributed by atoms with Crippen molar-refractivity contribution in [3.8, 4) is 0 Å². The minimum atomic E-state index is 0.573. The van der Waals surface area contributed by atoms with Gasteiger partial charge >= 0.3 is 0 Å². The second kappa shape index (κ2) is 2.98. The summed E-state index contributed by atoms with van der Waals surface area (Å²) in [6.07, 6.45) is 3.60. The van der Waals surface area contributed by atoms with Crippen LogP contribution in [0.15, 0.2) is 29.9 Å². The molecule has 12 heavy (non-hydrogen) atoms. The zero-order valence-corrected chi connectivity index (χ0v) is 7.29. The molecule has 0 saturated heterocycles. The molecule has 2 rings (SSSR count). The summed E-state index contributed by atoms with van der Waals surface area (Å²) >= 11 is 1.73. The van der Waals surface area contributed by atoms with Crippen molar-refractivity contribution >= 4 is 17.3 Å². The van der Waals surface area contributed by atoms with Crippen LogP contribution in [0.5, 0.6) is 0 Å². The minimum Gasteiger partial charge on any atom is -0.369 e. The van der Waals surface area contributed by atoms with Gasteiger partial charge in [0.05, 0.1) is 6.54 Å². The third-order valence-electron chi connectivity index (χ3n) is 1.65. The van der Waals surface area contributed by atoms with E-state index in [1.54, 1.807) is 17.5 Å². The summed E-state index contributed by atoms with van der Waals surface area (Å²) in [5.41, 5.74) is 5.61. The fraction of sp³-hybridized carbons (Fsp3) is 0.125. The second-order valence-electron chi connectivity index (χ2n) is 2.49. The number of nitrogens with zero attached hydrogens (tertiary/aromatic N) is 2. The predicted octanol–water partition coefficient (Wildman–Crippen LogP) is 1.58. The average Bonchev–Trinajstić information content (AvgIpc) is 2.65. The molecule has 0 atom stereocenters. The molecule has 0 radical (unpaired) electrons. The van der Waals surface area contributed by atoms with Crippen molar-refractivity contribution < 1.29 is 0 Å². The molecule has 0 bridgehead atoms. The summed E-state index contributed by atoms with van der Waals surface area (Å²) in [5, 5.41) is 2.06. The molecule has 2 aromatic heterocycles. The van der Waals surface area contributed by atoms with Gasteiger partial charge in [0.15, 0.2) is 5.95 Å². The van der Waals surface area contributed by atoms with Crippen molar-refractivity contribution in [1.82, 2.24) is 9.55 Å². The molecule has 0 saturated carbocycles. The smallest absolute Gasteiger partial charge is 0.200 e. The standard InChI is InChI=1S/C8H9N3S/c9-8-10-3-4-11(8)6-7-2-1-5-12-7/h1-5H,6H2,(H2,9,10). The number of rotatable bonds is 2. The number of hydrogen-bond donors (Lipinski definition) is 1. The molecule has 3 nitrogen and oxygen atoms in total. The SMILES string of the molecule is Nc1nccn1Cc1cccs1. The number of nitrogens with two attached hydrogens (primary N) is 1. The van der Waals surface area contributed by atoms with Gasteiger partial charge in [-0.2, -0.15) is 0 Å². The van der Waals surface area contributed by atoms with Crippen molar-refractivity contribution in [1.29, 1.82) is 0 Å². The Morgan fingerprint density at radius 1 is 1.58 bits per heavy atom. The molecule has 0 aliphatic carbocycles. The summed E-state index contributed by atoms with van der Waals surface area (Å²) in [4.78, 5) is 5.23. The summed E-state index contributed by atoms with van der Waals surface area (Å²) in [7, 11) is 0. The van der Waals surface area contributed by atoms with E-state index in [2.05, 4.69) is 16.4 Å². The van der Waals surface area contributed by atoms with Gasteiger partial charge in [-0.05, 0) is 11.4 Å². The second-order valence-corrected chi connectivity index (χ2v) is 3.52. The van der Waals surface area contributed by atoms with Gasteiger partial charge in [-0.1, -0.05) is 6.07 Å². The van der Waals surface area contributed by atoms with Crippen molar-refractivity contribution in [3.05, 3.63) is 34.8 Å². The van der Waals surface area contributed by atoms with E-state index in [0.29, 0.717) is 5.95 Å². The van der Waals surface area contributed by atoms with E-state index in [1.807, 2.05) is 16.8 Å². The number of aromatic nitrogens is 2. The molecule has 0 aromatic carbocycles. The predicted molar refractivity (Wildman–Crippen MR) is 50.1 cm³/mol. The molecule has 2 N–H and O–H groups in total. The summed E-state index contributed by atoms with van der Waals surface area (Å²) < 4.78 is 1.92. The molecule has 0 aliphatic rings. The molecule has 2 heterocycles. The lowest BCUT2D eigenvalue weighted by Crippen LogP contribution is -2.01. The largest absolute Gasteiger partial charge is 0.369 e. The van der Waals surface area contributed by atoms with Gasteiger partial charge in [-0.3, -0.25) is 0 Å². The molecule has 0 unspecified atom stereocenters. The molecule has 0 aliphatic heterocycles. The Bertz CT molecular complexity index is 350. The highest BCUT2D eigenvalue weighted by atomic mass is 32.1. The van der Waals surface area contributed by atoms with Crippen LogP contribution in [0.3, 0.4) is 0 Å². The Hall–Kier alpha value is -1.29. The first-order chi connectivity index (χ1) is 5.86. The highest BCUT2D eigenvalue weighted by Gasteiger charge is 1.98. The van der Waals surface area contributed by atoms with Crippen molar-refractivity contribution in [2.24, 2.45) is 0 Å². The van der Waals surface area contributed by atoms with Gasteiger partial charge in [0.2, 0.25) is 0 Å². The van der Waals surface area contributed by atoms with E-state index in [9.17, 15) is 0 Å². The summed E-state index contributed by atoms with van der Waals surface area (Å²) in [5.74, 6) is 0.573. The number of nitrogen functional groups attached to an aromatic ring is 1. The number of thiophene rings is 1. The van der Waals surface area contributed by atoms with Crippen LogP contribution >= 0.6 is 11.3 Å². The maximum absolute atomic E-state index is 5.61. The van der Waals surface area contributed by atoms with E-state index in [4.69, 9.17) is 5.73 Å². The first-order valence-electron chi connectivity index (χ1n) is 3.65. The Balaban J connectivity index is 2.20. The molecule has 62 valence electrons. The lowest BCUT2D eigenvalue weighted by atomic mass is 10.4. The number of anilines is 1. The van der Waals surface area contributed by atoms with Gasteiger partial charge in [0.25, 0.3) is 0 Å². The maximum Gasteiger partial charge on any atom is 0.200 e. The van der Waals surface area contributed by atoms with Crippen LogP contribution in [-0.2, 0) is 6.54 Å². The fourth-order valence-corrected chi connectivity index (χ4v) is 1.75. The topological polar surface area (TPSA) is 43.8 Å². The zero-order valence-electron chi connectivity index (χ0n) is 6.47. The van der Waals surface area contributed by atoms with Gasteiger partial charge in [0.1, 0.15) is 0 Å². The van der Waals surface area contributed by atoms with Gasteiger partial charge in [0, 0.05) is 17.3 Å². The average molecular weight is 179 g/mol. The van der Waals surface area contributed by atoms with Crippen LogP contribution in [0, 0.1) is 0 Å². The van der Waals surface area contributed by atoms with E-state index < -0.39 is 0 Å². The zero-order chi connectivity index (χ0) is 8.39. The van der Waals surface area contributed by atoms with Crippen molar-refractivity contribution in [3.63, 3.8) is 0 Å². The Morgan fingerprint density at radius 3 is 3.08 bits per heavy atom. The molecule has 2 aromatic rings. The van der Waals surface area contributed by atoms with Crippen molar-refractivity contribution in [2.45, 2.75) is 6.54 Å². The van der Waals surface area contributed by atoms with E-state index >= 15 is 0 Å². The Morgan fingerprint density at radius 2 is 2.50 bits per heavy atom. The Kier molecular flexibility index (Phi) is 1.83. The summed E-state index contributed by atoms with van der Waals surface area (Å²) in [6.45, 7) is 0.823. The molecule has 4 heteroatoms. The molecule has 0 amide bonds.